The number of hydrogen-bond acceptors (Lipinski definition) is 6. The fourth-order valence-electron chi connectivity index (χ4n) is 2.60. The van der Waals surface area contributed by atoms with Crippen LogP contribution in [0.5, 0.6) is 0 Å². The van der Waals surface area contributed by atoms with Gasteiger partial charge >= 0.3 is 5.97 Å². The maximum atomic E-state index is 12.0. The van der Waals surface area contributed by atoms with E-state index in [1.165, 1.54) is 6.92 Å². The summed E-state index contributed by atoms with van der Waals surface area (Å²) in [5, 5.41) is 19.5. The monoisotopic (exact) mass is 371 g/mol. The van der Waals surface area contributed by atoms with Crippen molar-refractivity contribution in [3.63, 3.8) is 0 Å². The Kier molecular flexibility index (Phi) is 9.60. The Morgan fingerprint density at radius 1 is 1.23 bits per heavy atom. The topological polar surface area (TPSA) is 163 Å². The van der Waals surface area contributed by atoms with Gasteiger partial charge < -0.3 is 32.1 Å². The van der Waals surface area contributed by atoms with E-state index in [0.29, 0.717) is 19.4 Å². The van der Waals surface area contributed by atoms with E-state index in [-0.39, 0.29) is 24.9 Å². The molecule has 0 aliphatic carbocycles. The quantitative estimate of drug-likeness (QED) is 0.230. The Bertz CT molecular complexity index is 507. The first kappa shape index (κ1) is 21.8. The third kappa shape index (κ3) is 7.79. The maximum absolute atomic E-state index is 12.0. The molecular weight excluding hydrogens is 342 g/mol. The number of aliphatic carboxylic acids is 1. The lowest BCUT2D eigenvalue weighted by Gasteiger charge is -2.18. The number of nitrogens with one attached hydrogen (secondary N) is 4. The van der Waals surface area contributed by atoms with E-state index in [9.17, 15) is 19.2 Å². The number of carboxylic acids is 1. The zero-order chi connectivity index (χ0) is 19.5. The molecule has 3 unspecified atom stereocenters. The highest BCUT2D eigenvalue weighted by Crippen LogP contribution is 2.05. The second-order valence-corrected chi connectivity index (χ2v) is 6.34. The SMILES string of the molecule is CC(NC(=O)C1CCCN1)C(=O)NCC(=O)NC(CCCCN)C(=O)O. The van der Waals surface area contributed by atoms with Gasteiger partial charge in [0.1, 0.15) is 12.1 Å². The zero-order valence-corrected chi connectivity index (χ0v) is 15.0. The van der Waals surface area contributed by atoms with Crippen molar-refractivity contribution in [1.29, 1.82) is 0 Å². The summed E-state index contributed by atoms with van der Waals surface area (Å²) in [6.07, 6.45) is 3.16. The average Bonchev–Trinajstić information content (AvgIpc) is 3.13. The molecule has 26 heavy (non-hydrogen) atoms. The first-order valence-electron chi connectivity index (χ1n) is 8.88. The van der Waals surface area contributed by atoms with Crippen molar-refractivity contribution in [2.45, 2.75) is 57.2 Å². The molecule has 148 valence electrons. The number of rotatable bonds is 11. The molecule has 1 fully saturated rings. The predicted molar refractivity (Wildman–Crippen MR) is 94.1 cm³/mol. The Hall–Kier alpha value is -2.20. The van der Waals surface area contributed by atoms with Crippen LogP contribution in [0.2, 0.25) is 0 Å². The molecule has 1 heterocycles. The van der Waals surface area contributed by atoms with Crippen molar-refractivity contribution in [3.8, 4) is 0 Å². The van der Waals surface area contributed by atoms with E-state index in [0.717, 1.165) is 19.4 Å². The van der Waals surface area contributed by atoms with Gasteiger partial charge in [-0.25, -0.2) is 4.79 Å². The molecule has 3 amide bonds. The van der Waals surface area contributed by atoms with E-state index in [2.05, 4.69) is 21.3 Å². The molecule has 0 bridgehead atoms. The van der Waals surface area contributed by atoms with E-state index in [1.54, 1.807) is 0 Å². The number of nitrogens with two attached hydrogens (primary N) is 1. The van der Waals surface area contributed by atoms with Gasteiger partial charge in [0.25, 0.3) is 0 Å². The van der Waals surface area contributed by atoms with Gasteiger partial charge in [-0.05, 0) is 52.1 Å². The van der Waals surface area contributed by atoms with Gasteiger partial charge in [0.2, 0.25) is 17.7 Å². The molecule has 10 nitrogen and oxygen atoms in total. The van der Waals surface area contributed by atoms with E-state index >= 15 is 0 Å². The van der Waals surface area contributed by atoms with Gasteiger partial charge in [-0.1, -0.05) is 0 Å². The first-order chi connectivity index (χ1) is 12.3. The van der Waals surface area contributed by atoms with Crippen LogP contribution in [0, 0.1) is 0 Å². The number of carbonyl (C=O) groups is 4. The van der Waals surface area contributed by atoms with Crippen molar-refractivity contribution >= 4 is 23.7 Å². The molecule has 0 saturated carbocycles. The minimum atomic E-state index is -1.13. The van der Waals surface area contributed by atoms with Crippen molar-refractivity contribution in [1.82, 2.24) is 21.3 Å². The number of amides is 3. The molecule has 0 aromatic heterocycles. The molecule has 1 rings (SSSR count). The summed E-state index contributed by atoms with van der Waals surface area (Å²) >= 11 is 0. The first-order valence-corrected chi connectivity index (χ1v) is 8.88. The molecule has 1 aliphatic rings. The minimum Gasteiger partial charge on any atom is -0.480 e. The second kappa shape index (κ2) is 11.4. The lowest BCUT2D eigenvalue weighted by Crippen LogP contribution is -2.52. The van der Waals surface area contributed by atoms with Gasteiger partial charge in [-0.3, -0.25) is 14.4 Å². The highest BCUT2D eigenvalue weighted by Gasteiger charge is 2.25. The van der Waals surface area contributed by atoms with E-state index in [4.69, 9.17) is 10.8 Å². The molecule has 7 N–H and O–H groups in total. The smallest absolute Gasteiger partial charge is 0.326 e. The molecule has 0 aromatic rings. The van der Waals surface area contributed by atoms with Gasteiger partial charge in [0.05, 0.1) is 12.6 Å². The lowest BCUT2D eigenvalue weighted by atomic mass is 10.1. The summed E-state index contributed by atoms with van der Waals surface area (Å²) in [5.74, 6) is -2.50. The summed E-state index contributed by atoms with van der Waals surface area (Å²) in [5.41, 5.74) is 5.36. The Balaban J connectivity index is 2.33. The van der Waals surface area contributed by atoms with Crippen molar-refractivity contribution in [2.24, 2.45) is 5.73 Å². The van der Waals surface area contributed by atoms with Crippen LogP contribution in [0.4, 0.5) is 0 Å². The third-order valence-electron chi connectivity index (χ3n) is 4.13. The van der Waals surface area contributed by atoms with Crippen molar-refractivity contribution < 1.29 is 24.3 Å². The summed E-state index contributed by atoms with van der Waals surface area (Å²) in [6.45, 7) is 2.39. The number of carbonyl (C=O) groups excluding carboxylic acids is 3. The highest BCUT2D eigenvalue weighted by atomic mass is 16.4. The molecule has 0 aromatic carbocycles. The predicted octanol–water partition coefficient (Wildman–Crippen LogP) is -1.94. The summed E-state index contributed by atoms with van der Waals surface area (Å²) < 4.78 is 0. The van der Waals surface area contributed by atoms with Crippen LogP contribution in [0.25, 0.3) is 0 Å². The standard InChI is InChI=1S/C16H29N5O5/c1-10(20-15(24)11-6-4-8-18-11)14(23)19-9-13(22)21-12(16(25)26)5-2-3-7-17/h10-12,18H,2-9,17H2,1H3,(H,19,23)(H,20,24)(H,21,22)(H,25,26). The number of hydrogen-bond donors (Lipinski definition) is 6. The largest absolute Gasteiger partial charge is 0.480 e. The molecule has 0 spiro atoms. The summed E-state index contributed by atoms with van der Waals surface area (Å²) in [4.78, 5) is 46.9. The van der Waals surface area contributed by atoms with E-state index in [1.807, 2.05) is 0 Å². The van der Waals surface area contributed by atoms with E-state index < -0.39 is 29.9 Å². The van der Waals surface area contributed by atoms with Crippen molar-refractivity contribution in [2.75, 3.05) is 19.6 Å². The molecule has 1 aliphatic heterocycles. The van der Waals surface area contributed by atoms with Crippen LogP contribution >= 0.6 is 0 Å². The van der Waals surface area contributed by atoms with Gasteiger partial charge in [-0.15, -0.1) is 0 Å². The van der Waals surface area contributed by atoms with Crippen LogP contribution in [0.1, 0.15) is 39.0 Å². The lowest BCUT2D eigenvalue weighted by molar-refractivity contribution is -0.142. The second-order valence-electron chi connectivity index (χ2n) is 6.34. The molecule has 0 radical (unpaired) electrons. The molecule has 1 saturated heterocycles. The normalized spacial score (nSPS) is 18.6. The highest BCUT2D eigenvalue weighted by molar-refractivity contribution is 5.92. The molecule has 3 atom stereocenters. The number of carboxylic acid groups (broad SMARTS) is 1. The Morgan fingerprint density at radius 3 is 2.54 bits per heavy atom. The Labute approximate surface area is 152 Å². The minimum absolute atomic E-state index is 0.250. The fraction of sp³-hybridized carbons (Fsp3) is 0.750. The van der Waals surface area contributed by atoms with Crippen LogP contribution in [-0.4, -0.2) is 66.6 Å². The van der Waals surface area contributed by atoms with Gasteiger partial charge in [0, 0.05) is 0 Å². The number of unbranched alkanes of at least 4 members (excludes halogenated alkanes) is 1. The van der Waals surface area contributed by atoms with Crippen LogP contribution in [-0.2, 0) is 19.2 Å². The third-order valence-corrected chi connectivity index (χ3v) is 4.13. The molecular formula is C16H29N5O5. The maximum Gasteiger partial charge on any atom is 0.326 e. The van der Waals surface area contributed by atoms with Crippen LogP contribution in [0.15, 0.2) is 0 Å². The average molecular weight is 371 g/mol. The summed E-state index contributed by atoms with van der Waals surface area (Å²) in [7, 11) is 0. The summed E-state index contributed by atoms with van der Waals surface area (Å²) in [6, 6.07) is -2.10. The zero-order valence-electron chi connectivity index (χ0n) is 15.0. The molecule has 10 heteroatoms. The van der Waals surface area contributed by atoms with Gasteiger partial charge in [-0.2, -0.15) is 0 Å². The Morgan fingerprint density at radius 2 is 1.96 bits per heavy atom. The van der Waals surface area contributed by atoms with Gasteiger partial charge in [0.15, 0.2) is 0 Å². The van der Waals surface area contributed by atoms with Crippen molar-refractivity contribution in [3.05, 3.63) is 0 Å². The van der Waals surface area contributed by atoms with Crippen LogP contribution < -0.4 is 27.0 Å². The fourth-order valence-corrected chi connectivity index (χ4v) is 2.60. The van der Waals surface area contributed by atoms with Crippen LogP contribution in [0.3, 0.4) is 0 Å².